The van der Waals surface area contributed by atoms with E-state index in [0.717, 1.165) is 5.56 Å². The van der Waals surface area contributed by atoms with E-state index < -0.39 is 11.8 Å². The number of methoxy groups -OCH3 is 2. The van der Waals surface area contributed by atoms with E-state index in [1.807, 2.05) is 0 Å². The third-order valence-corrected chi connectivity index (χ3v) is 4.76. The van der Waals surface area contributed by atoms with E-state index in [9.17, 15) is 9.18 Å². The van der Waals surface area contributed by atoms with Crippen LogP contribution in [-0.2, 0) is 11.3 Å². The molecular weight excluding hydrogens is 436 g/mol. The van der Waals surface area contributed by atoms with Gasteiger partial charge < -0.3 is 19.9 Å². The third kappa shape index (κ3) is 4.39. The molecule has 0 saturated heterocycles. The number of halogens is 3. The lowest BCUT2D eigenvalue weighted by molar-refractivity contribution is 0.0466. The van der Waals surface area contributed by atoms with Crippen LogP contribution in [0.15, 0.2) is 36.4 Å². The molecular formula is C20H16Cl2FN3O4. The van der Waals surface area contributed by atoms with Crippen molar-refractivity contribution in [1.82, 2.24) is 9.97 Å². The maximum absolute atomic E-state index is 14.7. The number of rotatable bonds is 6. The van der Waals surface area contributed by atoms with Crippen molar-refractivity contribution in [3.8, 4) is 22.9 Å². The largest absolute Gasteiger partial charge is 0.497 e. The van der Waals surface area contributed by atoms with Gasteiger partial charge in [-0.15, -0.1) is 0 Å². The summed E-state index contributed by atoms with van der Waals surface area (Å²) in [4.78, 5) is 20.6. The molecule has 7 nitrogen and oxygen atoms in total. The number of carbonyl (C=O) groups is 1. The molecule has 0 radical (unpaired) electrons. The Balaban J connectivity index is 1.90. The molecule has 3 rings (SSSR count). The SMILES string of the molecule is COc1ccc(COC(=O)c2nc(-c3ccc(Cl)c(OC)c3F)nc(N)c2Cl)cc1. The predicted octanol–water partition coefficient (Wildman–Crippen LogP) is 4.55. The average Bonchev–Trinajstić information content (AvgIpc) is 2.74. The fraction of sp³-hybridized carbons (Fsp3) is 0.150. The Kier molecular flexibility index (Phi) is 6.59. The Morgan fingerprint density at radius 3 is 2.40 bits per heavy atom. The van der Waals surface area contributed by atoms with Crippen molar-refractivity contribution < 1.29 is 23.4 Å². The van der Waals surface area contributed by atoms with Gasteiger partial charge in [0, 0.05) is 0 Å². The Labute approximate surface area is 181 Å². The standard InChI is InChI=1S/C20H16Cl2FN3O4/c1-28-11-5-3-10(4-6-11)9-30-20(27)16-14(22)18(24)26-19(25-16)12-7-8-13(21)17(29-2)15(12)23/h3-8H,9H2,1-2H3,(H2,24,25,26). The molecule has 2 N–H and O–H groups in total. The minimum atomic E-state index is -0.840. The van der Waals surface area contributed by atoms with Crippen molar-refractivity contribution in [3.05, 3.63) is 63.5 Å². The van der Waals surface area contributed by atoms with Crippen LogP contribution in [0, 0.1) is 5.82 Å². The summed E-state index contributed by atoms with van der Waals surface area (Å²) < 4.78 is 30.0. The van der Waals surface area contributed by atoms with Crippen LogP contribution in [0.1, 0.15) is 16.1 Å². The minimum Gasteiger partial charge on any atom is -0.497 e. The summed E-state index contributed by atoms with van der Waals surface area (Å²) in [6.07, 6.45) is 0. The van der Waals surface area contributed by atoms with Crippen LogP contribution >= 0.6 is 23.2 Å². The second kappa shape index (κ2) is 9.15. The number of nitrogens with two attached hydrogens (primary N) is 1. The van der Waals surface area contributed by atoms with Crippen LogP contribution in [0.4, 0.5) is 10.2 Å². The van der Waals surface area contributed by atoms with Crippen LogP contribution in [-0.4, -0.2) is 30.2 Å². The molecule has 1 aromatic heterocycles. The zero-order valence-electron chi connectivity index (χ0n) is 15.9. The summed E-state index contributed by atoms with van der Waals surface area (Å²) in [6.45, 7) is -0.0402. The van der Waals surface area contributed by atoms with Gasteiger partial charge in [0.25, 0.3) is 0 Å². The highest BCUT2D eigenvalue weighted by molar-refractivity contribution is 6.35. The number of hydrogen-bond donors (Lipinski definition) is 1. The first-order valence-electron chi connectivity index (χ1n) is 8.51. The van der Waals surface area contributed by atoms with Crippen molar-refractivity contribution in [1.29, 1.82) is 0 Å². The van der Waals surface area contributed by atoms with E-state index in [1.54, 1.807) is 31.4 Å². The monoisotopic (exact) mass is 451 g/mol. The van der Waals surface area contributed by atoms with Crippen molar-refractivity contribution >= 4 is 35.0 Å². The van der Waals surface area contributed by atoms with Crippen LogP contribution in [0.25, 0.3) is 11.4 Å². The van der Waals surface area contributed by atoms with Gasteiger partial charge in [0.1, 0.15) is 23.2 Å². The molecule has 0 fully saturated rings. The highest BCUT2D eigenvalue weighted by Crippen LogP contribution is 2.35. The number of nitrogen functional groups attached to an aromatic ring is 1. The van der Waals surface area contributed by atoms with Crippen LogP contribution in [0.5, 0.6) is 11.5 Å². The van der Waals surface area contributed by atoms with Gasteiger partial charge in [0.2, 0.25) is 0 Å². The molecule has 0 atom stereocenters. The second-order valence-electron chi connectivity index (χ2n) is 5.96. The Bertz CT molecular complexity index is 1090. The summed E-state index contributed by atoms with van der Waals surface area (Å²) in [6, 6.07) is 9.69. The predicted molar refractivity (Wildman–Crippen MR) is 111 cm³/mol. The topological polar surface area (TPSA) is 96.6 Å². The lowest BCUT2D eigenvalue weighted by Crippen LogP contribution is -2.12. The van der Waals surface area contributed by atoms with Crippen LogP contribution in [0.3, 0.4) is 0 Å². The maximum atomic E-state index is 14.7. The van der Waals surface area contributed by atoms with Crippen LogP contribution < -0.4 is 15.2 Å². The minimum absolute atomic E-state index is 0.0402. The average molecular weight is 452 g/mol. The van der Waals surface area contributed by atoms with E-state index in [1.165, 1.54) is 19.2 Å². The van der Waals surface area contributed by atoms with Gasteiger partial charge in [-0.3, -0.25) is 0 Å². The maximum Gasteiger partial charge on any atom is 0.359 e. The summed E-state index contributed by atoms with van der Waals surface area (Å²) in [5.74, 6) is -1.53. The van der Waals surface area contributed by atoms with Gasteiger partial charge in [0.15, 0.2) is 23.1 Å². The number of carbonyl (C=O) groups excluding carboxylic acids is 1. The Morgan fingerprint density at radius 2 is 1.77 bits per heavy atom. The molecule has 0 bridgehead atoms. The molecule has 0 amide bonds. The van der Waals surface area contributed by atoms with Gasteiger partial charge in [-0.25, -0.2) is 19.2 Å². The van der Waals surface area contributed by atoms with E-state index in [4.69, 9.17) is 43.1 Å². The zero-order valence-corrected chi connectivity index (χ0v) is 17.4. The first kappa shape index (κ1) is 21.6. The van der Waals surface area contributed by atoms with Crippen molar-refractivity contribution in [2.24, 2.45) is 0 Å². The molecule has 0 aliphatic carbocycles. The zero-order chi connectivity index (χ0) is 21.8. The first-order chi connectivity index (χ1) is 14.3. The van der Waals surface area contributed by atoms with E-state index in [2.05, 4.69) is 9.97 Å². The number of esters is 1. The molecule has 156 valence electrons. The van der Waals surface area contributed by atoms with E-state index in [0.29, 0.717) is 5.75 Å². The third-order valence-electron chi connectivity index (χ3n) is 4.09. The summed E-state index contributed by atoms with van der Waals surface area (Å²) in [5.41, 5.74) is 6.16. The summed E-state index contributed by atoms with van der Waals surface area (Å²) >= 11 is 12.0. The molecule has 0 spiro atoms. The number of anilines is 1. The highest BCUT2D eigenvalue weighted by atomic mass is 35.5. The lowest BCUT2D eigenvalue weighted by Gasteiger charge is -2.11. The van der Waals surface area contributed by atoms with E-state index >= 15 is 0 Å². The molecule has 0 saturated carbocycles. The molecule has 3 aromatic rings. The molecule has 10 heteroatoms. The van der Waals surface area contributed by atoms with Gasteiger partial charge in [-0.05, 0) is 29.8 Å². The Morgan fingerprint density at radius 1 is 1.07 bits per heavy atom. The smallest absolute Gasteiger partial charge is 0.359 e. The normalized spacial score (nSPS) is 10.6. The molecule has 30 heavy (non-hydrogen) atoms. The second-order valence-corrected chi connectivity index (χ2v) is 6.75. The number of hydrogen-bond acceptors (Lipinski definition) is 7. The number of nitrogens with zero attached hydrogens (tertiary/aromatic N) is 2. The highest BCUT2D eigenvalue weighted by Gasteiger charge is 2.23. The molecule has 0 unspecified atom stereocenters. The quantitative estimate of drug-likeness (QED) is 0.549. The number of benzene rings is 2. The fourth-order valence-electron chi connectivity index (χ4n) is 2.55. The van der Waals surface area contributed by atoms with Crippen molar-refractivity contribution in [2.45, 2.75) is 6.61 Å². The van der Waals surface area contributed by atoms with Crippen molar-refractivity contribution in [3.63, 3.8) is 0 Å². The lowest BCUT2D eigenvalue weighted by atomic mass is 10.1. The van der Waals surface area contributed by atoms with Gasteiger partial charge in [-0.1, -0.05) is 35.3 Å². The molecule has 1 heterocycles. The summed E-state index contributed by atoms with van der Waals surface area (Å²) in [5, 5.41) is -0.125. The van der Waals surface area contributed by atoms with Gasteiger partial charge in [-0.2, -0.15) is 0 Å². The summed E-state index contributed by atoms with van der Waals surface area (Å²) in [7, 11) is 2.82. The van der Waals surface area contributed by atoms with Crippen molar-refractivity contribution in [2.75, 3.05) is 20.0 Å². The van der Waals surface area contributed by atoms with Gasteiger partial charge in [0.05, 0.1) is 24.8 Å². The van der Waals surface area contributed by atoms with E-state index in [-0.39, 0.29) is 45.3 Å². The first-order valence-corrected chi connectivity index (χ1v) is 9.26. The Hall–Kier alpha value is -3.10. The van der Waals surface area contributed by atoms with Gasteiger partial charge >= 0.3 is 5.97 Å². The molecule has 0 aliphatic rings. The molecule has 2 aromatic carbocycles. The fourth-order valence-corrected chi connectivity index (χ4v) is 2.94. The van der Waals surface area contributed by atoms with Crippen LogP contribution in [0.2, 0.25) is 10.0 Å². The number of ether oxygens (including phenoxy) is 3. The molecule has 0 aliphatic heterocycles. The number of aromatic nitrogens is 2.